The van der Waals surface area contributed by atoms with Crippen LogP contribution in [0.15, 0.2) is 47.6 Å². The zero-order valence-corrected chi connectivity index (χ0v) is 17.8. The zero-order chi connectivity index (χ0) is 16.8. The first kappa shape index (κ1) is 19.8. The van der Waals surface area contributed by atoms with Crippen molar-refractivity contribution in [2.45, 2.75) is 26.8 Å². The average Bonchev–Trinajstić information content (AvgIpc) is 3.19. The van der Waals surface area contributed by atoms with Crippen LogP contribution in [0.2, 0.25) is 0 Å². The standard InChI is InChI=1S/C19H24N4S.HI/c1-3-20-19(23-13-16-9-8-14(2)24-16)21-11-10-15-12-22-18-7-5-4-6-17(15)18;/h4-9,12,22H,3,10-11,13H2,1-2H3,(H2,20,21,23);1H. The Balaban J connectivity index is 0.00000225. The molecule has 0 bridgehead atoms. The highest BCUT2D eigenvalue weighted by Crippen LogP contribution is 2.18. The smallest absolute Gasteiger partial charge is 0.191 e. The summed E-state index contributed by atoms with van der Waals surface area (Å²) < 4.78 is 0. The Hall–Kier alpha value is -1.54. The first-order valence-corrected chi connectivity index (χ1v) is 9.20. The van der Waals surface area contributed by atoms with Crippen LogP contribution in [0.1, 0.15) is 22.2 Å². The molecule has 0 aliphatic rings. The second-order valence-electron chi connectivity index (χ2n) is 5.74. The average molecular weight is 468 g/mol. The highest BCUT2D eigenvalue weighted by molar-refractivity contribution is 14.0. The first-order chi connectivity index (χ1) is 11.8. The number of rotatable bonds is 6. The number of para-hydroxylation sites is 1. The molecule has 25 heavy (non-hydrogen) atoms. The van der Waals surface area contributed by atoms with Crippen LogP contribution in [0.3, 0.4) is 0 Å². The van der Waals surface area contributed by atoms with Gasteiger partial charge >= 0.3 is 0 Å². The highest BCUT2D eigenvalue weighted by atomic mass is 127. The lowest BCUT2D eigenvalue weighted by molar-refractivity contribution is 0.803. The van der Waals surface area contributed by atoms with Crippen LogP contribution in [0, 0.1) is 6.92 Å². The number of aliphatic imine (C=N–C) groups is 1. The first-order valence-electron chi connectivity index (χ1n) is 8.38. The van der Waals surface area contributed by atoms with Crippen molar-refractivity contribution in [2.24, 2.45) is 4.99 Å². The Bertz CT molecular complexity index is 822. The Morgan fingerprint density at radius 1 is 1.16 bits per heavy atom. The minimum absolute atomic E-state index is 0. The van der Waals surface area contributed by atoms with Gasteiger partial charge in [-0.2, -0.15) is 0 Å². The summed E-state index contributed by atoms with van der Waals surface area (Å²) in [5, 5.41) is 8.04. The number of aromatic nitrogens is 1. The van der Waals surface area contributed by atoms with E-state index in [0.717, 1.165) is 32.0 Å². The molecule has 6 heteroatoms. The third-order valence-corrected chi connectivity index (χ3v) is 4.88. The summed E-state index contributed by atoms with van der Waals surface area (Å²) in [6.45, 7) is 6.66. The minimum Gasteiger partial charge on any atom is -0.361 e. The number of benzene rings is 1. The molecule has 0 spiro atoms. The topological polar surface area (TPSA) is 52.2 Å². The van der Waals surface area contributed by atoms with Gasteiger partial charge in [0.2, 0.25) is 0 Å². The molecule has 4 nitrogen and oxygen atoms in total. The van der Waals surface area contributed by atoms with E-state index < -0.39 is 0 Å². The van der Waals surface area contributed by atoms with E-state index in [0.29, 0.717) is 0 Å². The SMILES string of the molecule is CCNC(=NCc1ccc(C)s1)NCCc1c[nH]c2ccccc12.I. The number of nitrogens with zero attached hydrogens (tertiary/aromatic N) is 1. The number of hydrogen-bond acceptors (Lipinski definition) is 2. The molecule has 3 aromatic rings. The van der Waals surface area contributed by atoms with Gasteiger partial charge in [0.25, 0.3) is 0 Å². The Kier molecular flexibility index (Phi) is 7.77. The Morgan fingerprint density at radius 3 is 2.76 bits per heavy atom. The minimum atomic E-state index is 0. The van der Waals surface area contributed by atoms with Crippen LogP contribution in [0.25, 0.3) is 10.9 Å². The molecule has 0 saturated heterocycles. The van der Waals surface area contributed by atoms with Crippen LogP contribution < -0.4 is 10.6 Å². The van der Waals surface area contributed by atoms with E-state index in [1.165, 1.54) is 26.2 Å². The number of aryl methyl sites for hydroxylation is 1. The highest BCUT2D eigenvalue weighted by Gasteiger charge is 2.04. The molecule has 0 amide bonds. The number of aromatic amines is 1. The van der Waals surface area contributed by atoms with E-state index in [-0.39, 0.29) is 24.0 Å². The van der Waals surface area contributed by atoms with Crippen molar-refractivity contribution in [3.05, 3.63) is 57.9 Å². The van der Waals surface area contributed by atoms with Gasteiger partial charge in [0.05, 0.1) is 6.54 Å². The summed E-state index contributed by atoms with van der Waals surface area (Å²) in [6, 6.07) is 12.7. The summed E-state index contributed by atoms with van der Waals surface area (Å²) in [7, 11) is 0. The molecule has 134 valence electrons. The van der Waals surface area contributed by atoms with E-state index in [1.54, 1.807) is 11.3 Å². The third-order valence-electron chi connectivity index (χ3n) is 3.89. The number of hydrogen-bond donors (Lipinski definition) is 3. The summed E-state index contributed by atoms with van der Waals surface area (Å²) in [6.07, 6.45) is 3.07. The molecule has 0 fully saturated rings. The molecular formula is C19H25IN4S. The van der Waals surface area contributed by atoms with Crippen molar-refractivity contribution in [2.75, 3.05) is 13.1 Å². The molecule has 3 rings (SSSR count). The molecule has 0 saturated carbocycles. The van der Waals surface area contributed by atoms with Crippen LogP contribution in [-0.4, -0.2) is 24.0 Å². The normalized spacial score (nSPS) is 11.4. The molecule has 0 unspecified atom stereocenters. The summed E-state index contributed by atoms with van der Waals surface area (Å²) in [5.41, 5.74) is 2.53. The molecule has 2 aromatic heterocycles. The van der Waals surface area contributed by atoms with Crippen molar-refractivity contribution in [3.8, 4) is 0 Å². The van der Waals surface area contributed by atoms with Gasteiger partial charge in [0.1, 0.15) is 0 Å². The maximum atomic E-state index is 4.68. The summed E-state index contributed by atoms with van der Waals surface area (Å²) >= 11 is 1.80. The molecule has 0 atom stereocenters. The van der Waals surface area contributed by atoms with Gasteiger partial charge in [-0.1, -0.05) is 18.2 Å². The van der Waals surface area contributed by atoms with E-state index in [9.17, 15) is 0 Å². The number of H-pyrrole nitrogens is 1. The molecular weight excluding hydrogens is 443 g/mol. The second-order valence-corrected chi connectivity index (χ2v) is 7.12. The van der Waals surface area contributed by atoms with Crippen molar-refractivity contribution in [1.82, 2.24) is 15.6 Å². The fourth-order valence-corrected chi connectivity index (χ4v) is 3.54. The van der Waals surface area contributed by atoms with Crippen LogP contribution >= 0.6 is 35.3 Å². The lowest BCUT2D eigenvalue weighted by Crippen LogP contribution is -2.38. The second kappa shape index (κ2) is 9.82. The van der Waals surface area contributed by atoms with Crippen molar-refractivity contribution >= 4 is 52.2 Å². The molecule has 2 heterocycles. The quantitative estimate of drug-likeness (QED) is 0.285. The van der Waals surface area contributed by atoms with Gasteiger partial charge in [-0.15, -0.1) is 35.3 Å². The summed E-state index contributed by atoms with van der Waals surface area (Å²) in [5.74, 6) is 0.878. The maximum absolute atomic E-state index is 4.68. The van der Waals surface area contributed by atoms with Crippen molar-refractivity contribution < 1.29 is 0 Å². The third kappa shape index (κ3) is 5.47. The fraction of sp³-hybridized carbons (Fsp3) is 0.316. The summed E-state index contributed by atoms with van der Waals surface area (Å²) in [4.78, 5) is 10.6. The van der Waals surface area contributed by atoms with Crippen LogP contribution in [0.5, 0.6) is 0 Å². The van der Waals surface area contributed by atoms with E-state index in [2.05, 4.69) is 77.1 Å². The van der Waals surface area contributed by atoms with Crippen LogP contribution in [0.4, 0.5) is 0 Å². The lowest BCUT2D eigenvalue weighted by atomic mass is 10.1. The zero-order valence-electron chi connectivity index (χ0n) is 14.6. The van der Waals surface area contributed by atoms with Crippen molar-refractivity contribution in [1.29, 1.82) is 0 Å². The van der Waals surface area contributed by atoms with Gasteiger partial charge < -0.3 is 15.6 Å². The number of thiophene rings is 1. The molecule has 1 aromatic carbocycles. The Labute approximate surface area is 170 Å². The predicted octanol–water partition coefficient (Wildman–Crippen LogP) is 4.45. The fourth-order valence-electron chi connectivity index (χ4n) is 2.72. The lowest BCUT2D eigenvalue weighted by Gasteiger charge is -2.10. The largest absolute Gasteiger partial charge is 0.361 e. The van der Waals surface area contributed by atoms with E-state index >= 15 is 0 Å². The van der Waals surface area contributed by atoms with Gasteiger partial charge in [-0.05, 0) is 44.0 Å². The van der Waals surface area contributed by atoms with Gasteiger partial charge in [0, 0.05) is 39.9 Å². The molecule has 0 aliphatic carbocycles. The van der Waals surface area contributed by atoms with E-state index in [1.807, 2.05) is 0 Å². The van der Waals surface area contributed by atoms with Crippen LogP contribution in [-0.2, 0) is 13.0 Å². The predicted molar refractivity (Wildman–Crippen MR) is 119 cm³/mol. The molecule has 3 N–H and O–H groups in total. The molecule has 0 aliphatic heterocycles. The number of guanidine groups is 1. The maximum Gasteiger partial charge on any atom is 0.191 e. The van der Waals surface area contributed by atoms with E-state index in [4.69, 9.17) is 0 Å². The van der Waals surface area contributed by atoms with Gasteiger partial charge in [-0.3, -0.25) is 0 Å². The van der Waals surface area contributed by atoms with Crippen molar-refractivity contribution in [3.63, 3.8) is 0 Å². The van der Waals surface area contributed by atoms with Gasteiger partial charge in [-0.25, -0.2) is 4.99 Å². The number of halogens is 1. The Morgan fingerprint density at radius 2 is 2.00 bits per heavy atom. The number of nitrogens with one attached hydrogen (secondary N) is 3. The van der Waals surface area contributed by atoms with Gasteiger partial charge in [0.15, 0.2) is 5.96 Å². The molecule has 0 radical (unpaired) electrons. The number of fused-ring (bicyclic) bond motifs is 1. The monoisotopic (exact) mass is 468 g/mol.